The fourth-order valence-electron chi connectivity index (χ4n) is 6.24. The smallest absolute Gasteiger partial charge is 0.164 e. The molecule has 6 aromatic rings. The Bertz CT molecular complexity index is 2140. The molecule has 0 fully saturated rings. The van der Waals surface area contributed by atoms with Gasteiger partial charge in [-0.25, -0.2) is 0 Å². The average Bonchev–Trinajstić information content (AvgIpc) is 3.66. The minimum Gasteiger partial charge on any atom is -0.512 e. The second-order valence-corrected chi connectivity index (χ2v) is 15.9. The molecular formula is C43H50IrNO3S-. The topological polar surface area (TPSA) is 63.3 Å². The van der Waals surface area contributed by atoms with Crippen LogP contribution in [0.15, 0.2) is 77.0 Å². The molecular weight excluding hydrogens is 803 g/mol. The summed E-state index contributed by atoms with van der Waals surface area (Å²) in [5.41, 5.74) is 4.32. The molecule has 261 valence electrons. The quantitative estimate of drug-likeness (QED) is 0.0941. The number of furan rings is 1. The van der Waals surface area contributed by atoms with Crippen molar-refractivity contribution < 1.29 is 34.4 Å². The zero-order chi connectivity index (χ0) is 35.0. The van der Waals surface area contributed by atoms with E-state index in [1.165, 1.54) is 32.0 Å². The first-order chi connectivity index (χ1) is 22.7. The summed E-state index contributed by atoms with van der Waals surface area (Å²) in [6.07, 6.45) is 6.64. The van der Waals surface area contributed by atoms with Crippen molar-refractivity contribution in [3.63, 3.8) is 0 Å². The fraction of sp³-hybridized carbons (Fsp3) is 0.395. The molecule has 0 aliphatic carbocycles. The van der Waals surface area contributed by atoms with Crippen LogP contribution in [0.3, 0.4) is 0 Å². The molecule has 6 rings (SSSR count). The summed E-state index contributed by atoms with van der Waals surface area (Å²) >= 11 is 1.78. The Morgan fingerprint density at radius 1 is 0.857 bits per heavy atom. The van der Waals surface area contributed by atoms with Crippen LogP contribution in [-0.4, -0.2) is 15.9 Å². The van der Waals surface area contributed by atoms with Crippen molar-refractivity contribution in [2.75, 3.05) is 0 Å². The summed E-state index contributed by atoms with van der Waals surface area (Å²) in [7, 11) is 0. The van der Waals surface area contributed by atoms with Crippen LogP contribution < -0.4 is 0 Å². The molecule has 49 heavy (non-hydrogen) atoms. The normalized spacial score (nSPS) is 12.7. The van der Waals surface area contributed by atoms with Gasteiger partial charge < -0.3 is 9.52 Å². The van der Waals surface area contributed by atoms with E-state index in [1.54, 1.807) is 11.3 Å². The number of thiophene rings is 1. The average molecular weight is 853 g/mol. The van der Waals surface area contributed by atoms with E-state index in [2.05, 4.69) is 88.4 Å². The van der Waals surface area contributed by atoms with Crippen LogP contribution in [0, 0.1) is 23.8 Å². The Labute approximate surface area is 309 Å². The number of fused-ring (bicyclic) bond motifs is 6. The number of hydrogen-bond acceptors (Lipinski definition) is 5. The Kier molecular flexibility index (Phi) is 11.7. The number of carbonyl (C=O) groups is 1. The van der Waals surface area contributed by atoms with Crippen LogP contribution in [-0.2, 0) is 30.3 Å². The van der Waals surface area contributed by atoms with Crippen LogP contribution in [0.4, 0.5) is 0 Å². The van der Waals surface area contributed by atoms with Gasteiger partial charge >= 0.3 is 0 Å². The van der Waals surface area contributed by atoms with Gasteiger partial charge in [-0.15, -0.1) is 40.5 Å². The molecule has 0 aliphatic rings. The van der Waals surface area contributed by atoms with E-state index in [-0.39, 0.29) is 47.9 Å². The molecule has 0 saturated heterocycles. The third-order valence-corrected chi connectivity index (χ3v) is 11.7. The Morgan fingerprint density at radius 2 is 1.49 bits per heavy atom. The van der Waals surface area contributed by atoms with Gasteiger partial charge in [0.1, 0.15) is 11.3 Å². The maximum Gasteiger partial charge on any atom is 0.164 e. The molecule has 0 spiro atoms. The molecule has 0 atom stereocenters. The zero-order valence-corrected chi connectivity index (χ0v) is 33.8. The summed E-state index contributed by atoms with van der Waals surface area (Å²) in [5, 5.41) is 16.0. The van der Waals surface area contributed by atoms with E-state index in [0.717, 1.165) is 64.3 Å². The van der Waals surface area contributed by atoms with Crippen LogP contribution in [0.2, 0.25) is 0 Å². The minimum absolute atomic E-state index is 0. The predicted molar refractivity (Wildman–Crippen MR) is 205 cm³/mol. The summed E-state index contributed by atoms with van der Waals surface area (Å²) in [6, 6.07) is 23.0. The van der Waals surface area contributed by atoms with Crippen molar-refractivity contribution in [1.29, 1.82) is 0 Å². The van der Waals surface area contributed by atoms with Crippen molar-refractivity contribution in [2.24, 2.45) is 10.8 Å². The number of aliphatic hydroxyl groups excluding tert-OH is 1. The number of pyridine rings is 1. The first-order valence-electron chi connectivity index (χ1n) is 17.3. The molecule has 3 aromatic carbocycles. The van der Waals surface area contributed by atoms with E-state index in [1.807, 2.05) is 47.7 Å². The standard InChI is InChI=1S/C28H22NOS.C15H28O2.Ir/c1-16-13-18-9-10-21-22-11-12-29-24(25(22)30-26(21)27(18)31-16)19-14-17-7-5-6-8-20(17)23(15-19)28(2,3)4;1-7-14(5,8-2)12(16)11-13(17)15(6,9-3)10-4;/h5-13,15H,1-4H3;11,16H,7-10H2,1-6H3;/q-1;;/b;12-11-;. The number of carbonyl (C=O) groups excluding carboxylic acids is 1. The molecule has 0 aliphatic heterocycles. The van der Waals surface area contributed by atoms with Crippen molar-refractivity contribution >= 4 is 59.9 Å². The number of aryl methyl sites for hydroxylation is 1. The van der Waals surface area contributed by atoms with Crippen LogP contribution in [0.1, 0.15) is 98.4 Å². The Balaban J connectivity index is 0.000000260. The summed E-state index contributed by atoms with van der Waals surface area (Å²) in [6.45, 7) is 21.0. The van der Waals surface area contributed by atoms with Gasteiger partial charge in [0, 0.05) is 64.6 Å². The monoisotopic (exact) mass is 853 g/mol. The minimum atomic E-state index is -0.337. The third-order valence-electron chi connectivity index (χ3n) is 10.6. The van der Waals surface area contributed by atoms with Gasteiger partial charge in [-0.2, -0.15) is 0 Å². The summed E-state index contributed by atoms with van der Waals surface area (Å²) in [4.78, 5) is 18.2. The largest absolute Gasteiger partial charge is 0.512 e. The van der Waals surface area contributed by atoms with Crippen molar-refractivity contribution in [2.45, 2.75) is 100 Å². The van der Waals surface area contributed by atoms with Crippen LogP contribution in [0.5, 0.6) is 0 Å². The molecule has 6 heteroatoms. The van der Waals surface area contributed by atoms with Gasteiger partial charge in [-0.05, 0) is 61.6 Å². The fourth-order valence-corrected chi connectivity index (χ4v) is 7.24. The van der Waals surface area contributed by atoms with Gasteiger partial charge in [0.2, 0.25) is 0 Å². The van der Waals surface area contributed by atoms with Crippen LogP contribution in [0.25, 0.3) is 54.1 Å². The van der Waals surface area contributed by atoms with Crippen molar-refractivity contribution in [1.82, 2.24) is 4.98 Å². The van der Waals surface area contributed by atoms with Crippen molar-refractivity contribution in [3.05, 3.63) is 89.1 Å². The number of aliphatic hydroxyl groups is 1. The van der Waals surface area contributed by atoms with Gasteiger partial charge in [0.05, 0.1) is 4.70 Å². The molecule has 0 amide bonds. The van der Waals surface area contributed by atoms with Crippen molar-refractivity contribution in [3.8, 4) is 11.3 Å². The van der Waals surface area contributed by atoms with E-state index >= 15 is 0 Å². The van der Waals surface area contributed by atoms with E-state index in [0.29, 0.717) is 0 Å². The number of aromatic nitrogens is 1. The Morgan fingerprint density at radius 3 is 2.12 bits per heavy atom. The Hall–Kier alpha value is -3.31. The number of nitrogens with zero attached hydrogens (tertiary/aromatic N) is 1. The van der Waals surface area contributed by atoms with E-state index in [9.17, 15) is 9.90 Å². The predicted octanol–water partition coefficient (Wildman–Crippen LogP) is 13.1. The maximum atomic E-state index is 12.2. The number of benzene rings is 3. The molecule has 1 radical (unpaired) electrons. The molecule has 0 saturated carbocycles. The molecule has 0 unspecified atom stereocenters. The molecule has 1 N–H and O–H groups in total. The molecule has 4 nitrogen and oxygen atoms in total. The van der Waals surface area contributed by atoms with Gasteiger partial charge in [-0.3, -0.25) is 9.78 Å². The summed E-state index contributed by atoms with van der Waals surface area (Å²) < 4.78 is 7.73. The van der Waals surface area contributed by atoms with Gasteiger partial charge in [-0.1, -0.05) is 97.5 Å². The van der Waals surface area contributed by atoms with Gasteiger partial charge in [0.15, 0.2) is 11.4 Å². The number of rotatable bonds is 8. The third kappa shape index (κ3) is 7.43. The number of ketones is 1. The second-order valence-electron chi connectivity index (χ2n) is 14.7. The SMILES string of the molecule is CCC(C)(CC)C(=O)/C=C(\O)C(C)(CC)CC.Cc1cc2ccc3c4ccnc(-c5[c-]c6ccccc6c(C(C)(C)C)c5)c4oc3c2s1.[Ir]. The van der Waals surface area contributed by atoms with E-state index < -0.39 is 0 Å². The summed E-state index contributed by atoms with van der Waals surface area (Å²) in [5.74, 6) is 0.286. The van der Waals surface area contributed by atoms with Crippen LogP contribution >= 0.6 is 11.3 Å². The first-order valence-corrected chi connectivity index (χ1v) is 18.1. The van der Waals surface area contributed by atoms with Gasteiger partial charge in [0.25, 0.3) is 0 Å². The molecule has 0 bridgehead atoms. The zero-order valence-electron chi connectivity index (χ0n) is 30.6. The second kappa shape index (κ2) is 14.9. The molecule has 3 aromatic heterocycles. The number of hydrogen-bond donors (Lipinski definition) is 1. The number of allylic oxidation sites excluding steroid dienone is 2. The maximum absolute atomic E-state index is 12.2. The van der Waals surface area contributed by atoms with E-state index in [4.69, 9.17) is 9.40 Å². The first kappa shape index (κ1) is 38.5. The molecule has 3 heterocycles.